The van der Waals surface area contributed by atoms with Gasteiger partial charge in [0.05, 0.1) is 6.10 Å². The predicted molar refractivity (Wildman–Crippen MR) is 63.5 cm³/mol. The van der Waals surface area contributed by atoms with Gasteiger partial charge in [-0.05, 0) is 30.7 Å². The molecule has 0 bridgehead atoms. The van der Waals surface area contributed by atoms with Crippen LogP contribution < -0.4 is 10.6 Å². The number of hydrogen-bond acceptors (Lipinski definition) is 4. The number of aliphatic hydroxyl groups excluding tert-OH is 2. The number of anilines is 1. The maximum atomic E-state index is 9.94. The Kier molecular flexibility index (Phi) is 3.43. The lowest BCUT2D eigenvalue weighted by atomic mass is 10.0. The van der Waals surface area contributed by atoms with E-state index in [1.807, 2.05) is 18.2 Å². The Balaban J connectivity index is 2.14. The lowest BCUT2D eigenvalue weighted by molar-refractivity contribution is 0.0202. The van der Waals surface area contributed by atoms with Crippen LogP contribution in [0.2, 0.25) is 0 Å². The molecule has 88 valence electrons. The van der Waals surface area contributed by atoms with Crippen LogP contribution in [0, 0.1) is 0 Å². The molecule has 1 heterocycles. The number of fused-ring (bicyclic) bond motifs is 1. The molecule has 1 aromatic carbocycles. The quantitative estimate of drug-likeness (QED) is 0.590. The molecule has 16 heavy (non-hydrogen) atoms. The molecule has 4 nitrogen and oxygen atoms in total. The SMILES string of the molecule is CNCC(O)C(O)c1ccc2c(c1)CCN2. The average Bonchev–Trinajstić information content (AvgIpc) is 2.75. The largest absolute Gasteiger partial charge is 0.389 e. The summed E-state index contributed by atoms with van der Waals surface area (Å²) in [7, 11) is 1.75. The Labute approximate surface area is 95.3 Å². The lowest BCUT2D eigenvalue weighted by Gasteiger charge is -2.18. The summed E-state index contributed by atoms with van der Waals surface area (Å²) >= 11 is 0. The zero-order valence-electron chi connectivity index (χ0n) is 9.40. The highest BCUT2D eigenvalue weighted by Gasteiger charge is 2.19. The smallest absolute Gasteiger partial charge is 0.106 e. The minimum absolute atomic E-state index is 0.385. The molecule has 0 aromatic heterocycles. The van der Waals surface area contributed by atoms with Gasteiger partial charge in [0.2, 0.25) is 0 Å². The van der Waals surface area contributed by atoms with Gasteiger partial charge in [0.15, 0.2) is 0 Å². The Bertz CT molecular complexity index is 368. The van der Waals surface area contributed by atoms with Crippen molar-refractivity contribution < 1.29 is 10.2 Å². The fourth-order valence-electron chi connectivity index (χ4n) is 2.05. The van der Waals surface area contributed by atoms with Crippen molar-refractivity contribution in [3.63, 3.8) is 0 Å². The zero-order valence-corrected chi connectivity index (χ0v) is 9.40. The van der Waals surface area contributed by atoms with Crippen LogP contribution in [0.1, 0.15) is 17.2 Å². The fourth-order valence-corrected chi connectivity index (χ4v) is 2.05. The highest BCUT2D eigenvalue weighted by molar-refractivity contribution is 5.56. The predicted octanol–water partition coefficient (Wildman–Crippen LogP) is 0.268. The Morgan fingerprint density at radius 2 is 2.25 bits per heavy atom. The van der Waals surface area contributed by atoms with Gasteiger partial charge in [-0.3, -0.25) is 0 Å². The van der Waals surface area contributed by atoms with Gasteiger partial charge in [0.25, 0.3) is 0 Å². The summed E-state index contributed by atoms with van der Waals surface area (Å²) in [6.45, 7) is 1.34. The summed E-state index contributed by atoms with van der Waals surface area (Å²) in [5, 5.41) is 25.7. The van der Waals surface area contributed by atoms with Crippen LogP contribution in [0.4, 0.5) is 5.69 Å². The topological polar surface area (TPSA) is 64.5 Å². The molecule has 2 atom stereocenters. The number of likely N-dealkylation sites (N-methyl/N-ethyl adjacent to an activating group) is 1. The maximum Gasteiger partial charge on any atom is 0.106 e. The highest BCUT2D eigenvalue weighted by Crippen LogP contribution is 2.26. The normalized spacial score (nSPS) is 17.7. The summed E-state index contributed by atoms with van der Waals surface area (Å²) in [4.78, 5) is 0. The summed E-state index contributed by atoms with van der Waals surface area (Å²) in [6.07, 6.45) is -0.603. The number of benzene rings is 1. The van der Waals surface area contributed by atoms with Crippen LogP contribution in [-0.4, -0.2) is 36.5 Å². The summed E-state index contributed by atoms with van der Waals surface area (Å²) in [6, 6.07) is 5.80. The molecule has 0 fully saturated rings. The van der Waals surface area contributed by atoms with Crippen LogP contribution in [0.15, 0.2) is 18.2 Å². The van der Waals surface area contributed by atoms with Crippen LogP contribution in [0.25, 0.3) is 0 Å². The molecule has 0 saturated carbocycles. The molecule has 0 spiro atoms. The maximum absolute atomic E-state index is 9.94. The molecule has 4 heteroatoms. The zero-order chi connectivity index (χ0) is 11.5. The number of hydrogen-bond donors (Lipinski definition) is 4. The van der Waals surface area contributed by atoms with Crippen molar-refractivity contribution in [1.82, 2.24) is 5.32 Å². The second-order valence-electron chi connectivity index (χ2n) is 4.16. The number of nitrogens with one attached hydrogen (secondary N) is 2. The van der Waals surface area contributed by atoms with Crippen molar-refractivity contribution >= 4 is 5.69 Å². The van der Waals surface area contributed by atoms with E-state index < -0.39 is 12.2 Å². The minimum atomic E-state index is -0.821. The van der Waals surface area contributed by atoms with E-state index in [0.29, 0.717) is 6.54 Å². The molecule has 0 radical (unpaired) electrons. The molecule has 2 unspecified atom stereocenters. The molecule has 1 aliphatic heterocycles. The van der Waals surface area contributed by atoms with E-state index in [4.69, 9.17) is 0 Å². The van der Waals surface area contributed by atoms with Crippen molar-refractivity contribution in [3.8, 4) is 0 Å². The van der Waals surface area contributed by atoms with Crippen molar-refractivity contribution in [2.45, 2.75) is 18.6 Å². The van der Waals surface area contributed by atoms with E-state index in [1.54, 1.807) is 7.05 Å². The molecule has 4 N–H and O–H groups in total. The van der Waals surface area contributed by atoms with E-state index in [1.165, 1.54) is 5.56 Å². The third kappa shape index (κ3) is 2.19. The number of aliphatic hydroxyl groups is 2. The van der Waals surface area contributed by atoms with Crippen LogP contribution in [0.5, 0.6) is 0 Å². The van der Waals surface area contributed by atoms with Crippen molar-refractivity contribution in [1.29, 1.82) is 0 Å². The van der Waals surface area contributed by atoms with Gasteiger partial charge in [0, 0.05) is 18.8 Å². The Morgan fingerprint density at radius 3 is 3.00 bits per heavy atom. The lowest BCUT2D eigenvalue weighted by Crippen LogP contribution is -2.29. The van der Waals surface area contributed by atoms with E-state index in [0.717, 1.165) is 24.2 Å². The number of rotatable bonds is 4. The Hall–Kier alpha value is -1.10. The fraction of sp³-hybridized carbons (Fsp3) is 0.500. The first-order chi connectivity index (χ1) is 7.72. The summed E-state index contributed by atoms with van der Waals surface area (Å²) < 4.78 is 0. The molecule has 1 aliphatic rings. The molecule has 0 saturated heterocycles. The van der Waals surface area contributed by atoms with Gasteiger partial charge in [-0.25, -0.2) is 0 Å². The van der Waals surface area contributed by atoms with Crippen molar-refractivity contribution in [2.75, 3.05) is 25.5 Å². The van der Waals surface area contributed by atoms with E-state index in [9.17, 15) is 10.2 Å². The van der Waals surface area contributed by atoms with E-state index in [-0.39, 0.29) is 0 Å². The summed E-state index contributed by atoms with van der Waals surface area (Å²) in [5.41, 5.74) is 3.14. The van der Waals surface area contributed by atoms with E-state index in [2.05, 4.69) is 10.6 Å². The second kappa shape index (κ2) is 4.82. The first-order valence-electron chi connectivity index (χ1n) is 5.60. The van der Waals surface area contributed by atoms with Gasteiger partial charge < -0.3 is 20.8 Å². The molecular formula is C12H18N2O2. The van der Waals surface area contributed by atoms with Crippen LogP contribution in [-0.2, 0) is 6.42 Å². The second-order valence-corrected chi connectivity index (χ2v) is 4.16. The van der Waals surface area contributed by atoms with Gasteiger partial charge in [-0.15, -0.1) is 0 Å². The van der Waals surface area contributed by atoms with E-state index >= 15 is 0 Å². The van der Waals surface area contributed by atoms with Crippen molar-refractivity contribution in [3.05, 3.63) is 29.3 Å². The molecule has 2 rings (SSSR count). The summed E-state index contributed by atoms with van der Waals surface area (Å²) in [5.74, 6) is 0. The van der Waals surface area contributed by atoms with Gasteiger partial charge in [-0.1, -0.05) is 12.1 Å². The van der Waals surface area contributed by atoms with Gasteiger partial charge in [0.1, 0.15) is 6.10 Å². The minimum Gasteiger partial charge on any atom is -0.389 e. The van der Waals surface area contributed by atoms with Crippen LogP contribution >= 0.6 is 0 Å². The Morgan fingerprint density at radius 1 is 1.44 bits per heavy atom. The van der Waals surface area contributed by atoms with Crippen molar-refractivity contribution in [2.24, 2.45) is 0 Å². The third-order valence-corrected chi connectivity index (χ3v) is 2.96. The molecule has 1 aromatic rings. The molecule has 0 amide bonds. The molecular weight excluding hydrogens is 204 g/mol. The van der Waals surface area contributed by atoms with Gasteiger partial charge >= 0.3 is 0 Å². The first-order valence-corrected chi connectivity index (χ1v) is 5.60. The third-order valence-electron chi connectivity index (χ3n) is 2.96. The van der Waals surface area contributed by atoms with Gasteiger partial charge in [-0.2, -0.15) is 0 Å². The standard InChI is InChI=1S/C12H18N2O2/c1-13-7-11(15)12(16)9-2-3-10-8(6-9)4-5-14-10/h2-3,6,11-16H,4-5,7H2,1H3. The van der Waals surface area contributed by atoms with Crippen LogP contribution in [0.3, 0.4) is 0 Å². The monoisotopic (exact) mass is 222 g/mol. The first kappa shape index (κ1) is 11.4. The molecule has 0 aliphatic carbocycles. The average molecular weight is 222 g/mol. The highest BCUT2D eigenvalue weighted by atomic mass is 16.3.